The third-order valence-corrected chi connectivity index (χ3v) is 5.04. The number of furan rings is 1. The van der Waals surface area contributed by atoms with Crippen LogP contribution in [0.2, 0.25) is 0 Å². The van der Waals surface area contributed by atoms with Gasteiger partial charge in [-0.15, -0.1) is 0 Å². The van der Waals surface area contributed by atoms with Crippen LogP contribution in [0.25, 0.3) is 0 Å². The van der Waals surface area contributed by atoms with Gasteiger partial charge in [0.2, 0.25) is 0 Å². The zero-order valence-electron chi connectivity index (χ0n) is 16.8. The van der Waals surface area contributed by atoms with Gasteiger partial charge in [-0.2, -0.15) is 0 Å². The van der Waals surface area contributed by atoms with Gasteiger partial charge in [0.25, 0.3) is 5.91 Å². The lowest BCUT2D eigenvalue weighted by Crippen LogP contribution is -2.40. The number of amides is 1. The summed E-state index contributed by atoms with van der Waals surface area (Å²) in [7, 11) is 3.15. The summed E-state index contributed by atoms with van der Waals surface area (Å²) in [4.78, 5) is 30.3. The Bertz CT molecular complexity index is 861. The number of hydrogen-bond acceptors (Lipinski definition) is 5. The van der Waals surface area contributed by atoms with E-state index in [1.165, 1.54) is 13.4 Å². The van der Waals surface area contributed by atoms with Crippen molar-refractivity contribution in [3.05, 3.63) is 54.0 Å². The van der Waals surface area contributed by atoms with Crippen LogP contribution in [0.1, 0.15) is 23.0 Å². The number of methoxy groups -OCH3 is 1. The first kappa shape index (κ1) is 20.4. The van der Waals surface area contributed by atoms with E-state index in [4.69, 9.17) is 9.15 Å². The second-order valence-corrected chi connectivity index (χ2v) is 7.04. The summed E-state index contributed by atoms with van der Waals surface area (Å²) in [5.41, 5.74) is 1.73. The van der Waals surface area contributed by atoms with Crippen molar-refractivity contribution in [2.75, 3.05) is 32.6 Å². The number of ether oxygens (including phenoxy) is 1. The quantitative estimate of drug-likeness (QED) is 0.456. The lowest BCUT2D eigenvalue weighted by atomic mass is 9.99. The highest BCUT2D eigenvalue weighted by molar-refractivity contribution is 6.02. The zero-order valence-corrected chi connectivity index (χ0v) is 16.8. The van der Waals surface area contributed by atoms with E-state index in [1.54, 1.807) is 19.2 Å². The summed E-state index contributed by atoms with van der Waals surface area (Å²) in [6.07, 6.45) is 1.46. The summed E-state index contributed by atoms with van der Waals surface area (Å²) in [5, 5.41) is 6.12. The lowest BCUT2D eigenvalue weighted by molar-refractivity contribution is -0.145. The molecule has 2 unspecified atom stereocenters. The molecule has 154 valence electrons. The molecule has 1 aliphatic rings. The lowest BCUT2D eigenvalue weighted by Gasteiger charge is -2.21. The van der Waals surface area contributed by atoms with Crippen LogP contribution < -0.4 is 10.6 Å². The van der Waals surface area contributed by atoms with Gasteiger partial charge in [-0.3, -0.25) is 14.6 Å². The van der Waals surface area contributed by atoms with E-state index >= 15 is 0 Å². The molecule has 2 N–H and O–H groups in total. The molecule has 1 aliphatic heterocycles. The van der Waals surface area contributed by atoms with Crippen LogP contribution >= 0.6 is 0 Å². The fraction of sp³-hybridized carbons (Fsp3) is 0.381. The summed E-state index contributed by atoms with van der Waals surface area (Å²) in [5.74, 6) is 0.615. The van der Waals surface area contributed by atoms with Crippen LogP contribution in [0.5, 0.6) is 0 Å². The summed E-state index contributed by atoms with van der Waals surface area (Å²) >= 11 is 0. The van der Waals surface area contributed by atoms with Gasteiger partial charge in [-0.05, 0) is 35.7 Å². The number of guanidine groups is 1. The Kier molecular flexibility index (Phi) is 6.54. The van der Waals surface area contributed by atoms with Crippen LogP contribution in [0.15, 0.2) is 52.1 Å². The van der Waals surface area contributed by atoms with Crippen LogP contribution in [-0.4, -0.2) is 50.0 Å². The average molecular weight is 398 g/mol. The van der Waals surface area contributed by atoms with Crippen molar-refractivity contribution in [3.63, 3.8) is 0 Å². The van der Waals surface area contributed by atoms with Crippen LogP contribution in [0.4, 0.5) is 5.69 Å². The van der Waals surface area contributed by atoms with Gasteiger partial charge in [0, 0.05) is 32.4 Å². The molecule has 2 aromatic rings. The summed E-state index contributed by atoms with van der Waals surface area (Å²) in [6, 6.07) is 10.8. The molecule has 0 aliphatic carbocycles. The third kappa shape index (κ3) is 4.96. The maximum atomic E-state index is 12.0. The smallest absolute Gasteiger partial charge is 0.310 e. The molecule has 1 amide bonds. The largest absolute Gasteiger partial charge is 0.469 e. The predicted molar refractivity (Wildman–Crippen MR) is 110 cm³/mol. The van der Waals surface area contributed by atoms with Crippen molar-refractivity contribution in [3.8, 4) is 0 Å². The van der Waals surface area contributed by atoms with E-state index in [9.17, 15) is 9.59 Å². The van der Waals surface area contributed by atoms with Crippen molar-refractivity contribution in [1.29, 1.82) is 0 Å². The van der Waals surface area contributed by atoms with Crippen molar-refractivity contribution in [1.82, 2.24) is 10.2 Å². The Morgan fingerprint density at radius 2 is 2.00 bits per heavy atom. The first-order valence-corrected chi connectivity index (χ1v) is 9.49. The molecule has 0 radical (unpaired) electrons. The molecular formula is C21H26N4O4. The van der Waals surface area contributed by atoms with E-state index in [1.807, 2.05) is 31.2 Å². The summed E-state index contributed by atoms with van der Waals surface area (Å²) < 4.78 is 9.98. The standard InChI is InChI=1S/C21H26N4O4/c1-14-12-25(13-17(14)20(27)28-3)21(22-2)23-11-15-6-8-16(9-7-15)24-19(26)18-5-4-10-29-18/h4-10,14,17H,11-13H2,1-3H3,(H,22,23)(H,24,26). The number of nitrogens with zero attached hydrogens (tertiary/aromatic N) is 2. The van der Waals surface area contributed by atoms with E-state index in [0.29, 0.717) is 18.8 Å². The van der Waals surface area contributed by atoms with Crippen LogP contribution in [-0.2, 0) is 16.1 Å². The number of nitrogens with one attached hydrogen (secondary N) is 2. The maximum absolute atomic E-state index is 12.0. The van der Waals surface area contributed by atoms with Crippen LogP contribution in [0.3, 0.4) is 0 Å². The fourth-order valence-corrected chi connectivity index (χ4v) is 3.42. The minimum Gasteiger partial charge on any atom is -0.469 e. The molecule has 3 rings (SSSR count). The predicted octanol–water partition coefficient (Wildman–Crippen LogP) is 2.35. The Morgan fingerprint density at radius 3 is 2.62 bits per heavy atom. The minimum atomic E-state index is -0.287. The highest BCUT2D eigenvalue weighted by Crippen LogP contribution is 2.24. The van der Waals surface area contributed by atoms with E-state index < -0.39 is 0 Å². The molecule has 2 heterocycles. The molecule has 0 bridgehead atoms. The van der Waals surface area contributed by atoms with Crippen molar-refractivity contribution in [2.24, 2.45) is 16.8 Å². The first-order valence-electron chi connectivity index (χ1n) is 9.49. The molecule has 8 heteroatoms. The zero-order chi connectivity index (χ0) is 20.8. The van der Waals surface area contributed by atoms with Crippen LogP contribution in [0, 0.1) is 11.8 Å². The second kappa shape index (κ2) is 9.27. The van der Waals surface area contributed by atoms with Gasteiger partial charge in [-0.25, -0.2) is 0 Å². The topological polar surface area (TPSA) is 96.2 Å². The van der Waals surface area contributed by atoms with Gasteiger partial charge in [0.05, 0.1) is 19.3 Å². The van der Waals surface area contributed by atoms with Crippen molar-refractivity contribution < 1.29 is 18.7 Å². The Labute approximate surface area is 169 Å². The van der Waals surface area contributed by atoms with Gasteiger partial charge in [0.1, 0.15) is 0 Å². The van der Waals surface area contributed by atoms with Gasteiger partial charge in [-0.1, -0.05) is 19.1 Å². The normalized spacial score (nSPS) is 19.1. The molecule has 8 nitrogen and oxygen atoms in total. The molecule has 1 aromatic carbocycles. The average Bonchev–Trinajstić information content (AvgIpc) is 3.39. The number of rotatable bonds is 5. The number of hydrogen-bond donors (Lipinski definition) is 2. The molecule has 2 atom stereocenters. The number of carbonyl (C=O) groups is 2. The highest BCUT2D eigenvalue weighted by atomic mass is 16.5. The van der Waals surface area contributed by atoms with Crippen molar-refractivity contribution >= 4 is 23.5 Å². The number of benzene rings is 1. The Hall–Kier alpha value is -3.29. The molecule has 0 saturated carbocycles. The molecule has 1 fully saturated rings. The number of esters is 1. The molecule has 1 saturated heterocycles. The SMILES string of the molecule is CN=C(NCc1ccc(NC(=O)c2ccco2)cc1)N1CC(C)C(C(=O)OC)C1. The fourth-order valence-electron chi connectivity index (χ4n) is 3.42. The van der Waals surface area contributed by atoms with E-state index in [0.717, 1.165) is 18.1 Å². The van der Waals surface area contributed by atoms with Gasteiger partial charge < -0.3 is 24.7 Å². The van der Waals surface area contributed by atoms with E-state index in [-0.39, 0.29) is 29.5 Å². The molecule has 1 aromatic heterocycles. The number of anilines is 1. The van der Waals surface area contributed by atoms with Gasteiger partial charge in [0.15, 0.2) is 11.7 Å². The number of aliphatic imine (C=N–C) groups is 1. The van der Waals surface area contributed by atoms with Crippen molar-refractivity contribution in [2.45, 2.75) is 13.5 Å². The Balaban J connectivity index is 1.53. The monoisotopic (exact) mass is 398 g/mol. The van der Waals surface area contributed by atoms with Gasteiger partial charge >= 0.3 is 5.97 Å². The maximum Gasteiger partial charge on any atom is 0.310 e. The highest BCUT2D eigenvalue weighted by Gasteiger charge is 2.36. The van der Waals surface area contributed by atoms with E-state index in [2.05, 4.69) is 20.5 Å². The molecule has 29 heavy (non-hydrogen) atoms. The minimum absolute atomic E-state index is 0.143. The number of carbonyl (C=O) groups excluding carboxylic acids is 2. The number of likely N-dealkylation sites (tertiary alicyclic amines) is 1. The third-order valence-electron chi connectivity index (χ3n) is 5.04. The second-order valence-electron chi connectivity index (χ2n) is 7.04. The summed E-state index contributed by atoms with van der Waals surface area (Å²) in [6.45, 7) is 3.96. The Morgan fingerprint density at radius 1 is 1.24 bits per heavy atom. The molecule has 0 spiro atoms. The first-order chi connectivity index (χ1) is 14.0. The molecular weight excluding hydrogens is 372 g/mol.